The lowest BCUT2D eigenvalue weighted by molar-refractivity contribution is -0.123. The van der Waals surface area contributed by atoms with Crippen LogP contribution in [0.25, 0.3) is 0 Å². The van der Waals surface area contributed by atoms with Gasteiger partial charge in [-0.25, -0.2) is 0 Å². The van der Waals surface area contributed by atoms with Crippen LogP contribution < -0.4 is 5.32 Å². The van der Waals surface area contributed by atoms with Crippen LogP contribution in [0, 0.1) is 0 Å². The molecule has 0 aliphatic heterocycles. The first-order valence-corrected chi connectivity index (χ1v) is 6.99. The van der Waals surface area contributed by atoms with Crippen molar-refractivity contribution < 1.29 is 14.6 Å². The minimum atomic E-state index is -1.02. The summed E-state index contributed by atoms with van der Waals surface area (Å²) < 4.78 is 5.30. The number of carbonyl (C=O) groups is 1. The van der Waals surface area contributed by atoms with Crippen LogP contribution in [0.4, 0.5) is 0 Å². The topological polar surface area (TPSA) is 58.6 Å². The first kappa shape index (κ1) is 15.1. The Bertz CT molecular complexity index is 360. The number of aliphatic hydroxyl groups is 1. The fraction of sp³-hybridized carbons (Fsp3) is 0.615. The predicted molar refractivity (Wildman–Crippen MR) is 72.6 cm³/mol. The molecule has 102 valence electrons. The molecule has 5 heteroatoms. The van der Waals surface area contributed by atoms with Gasteiger partial charge in [0.25, 0.3) is 0 Å². The summed E-state index contributed by atoms with van der Waals surface area (Å²) in [5.41, 5.74) is -0.194. The molecule has 0 spiro atoms. The van der Waals surface area contributed by atoms with Crippen LogP contribution in [-0.4, -0.2) is 30.3 Å². The largest absolute Gasteiger partial charge is 0.384 e. The Balaban J connectivity index is 2.29. The van der Waals surface area contributed by atoms with Crippen molar-refractivity contribution in [3.05, 3.63) is 22.4 Å². The van der Waals surface area contributed by atoms with Gasteiger partial charge in [-0.15, -0.1) is 0 Å². The molecule has 0 fully saturated rings. The lowest BCUT2D eigenvalue weighted by Crippen LogP contribution is -2.38. The zero-order valence-corrected chi connectivity index (χ0v) is 11.9. The number of rotatable bonds is 7. The number of hydrogen-bond acceptors (Lipinski definition) is 4. The molecule has 1 rings (SSSR count). The van der Waals surface area contributed by atoms with E-state index in [4.69, 9.17) is 4.74 Å². The van der Waals surface area contributed by atoms with Crippen LogP contribution >= 0.6 is 11.3 Å². The quantitative estimate of drug-likeness (QED) is 0.796. The highest BCUT2D eigenvalue weighted by Crippen LogP contribution is 2.21. The maximum atomic E-state index is 11.5. The van der Waals surface area contributed by atoms with Crippen LogP contribution in [-0.2, 0) is 15.1 Å². The van der Waals surface area contributed by atoms with E-state index < -0.39 is 5.60 Å². The van der Waals surface area contributed by atoms with E-state index in [0.717, 1.165) is 5.56 Å². The number of nitrogens with one attached hydrogen (secondary N) is 1. The number of carbonyl (C=O) groups excluding carboxylic acids is 1. The fourth-order valence-corrected chi connectivity index (χ4v) is 2.20. The molecule has 0 radical (unpaired) electrons. The molecule has 1 heterocycles. The van der Waals surface area contributed by atoms with Crippen molar-refractivity contribution in [2.45, 2.75) is 38.9 Å². The molecule has 0 saturated carbocycles. The summed E-state index contributed by atoms with van der Waals surface area (Å²) in [5, 5.41) is 16.7. The van der Waals surface area contributed by atoms with E-state index in [1.54, 1.807) is 6.92 Å². The molecule has 0 aliphatic rings. The summed E-state index contributed by atoms with van der Waals surface area (Å²) in [6, 6.07) is 1.86. The summed E-state index contributed by atoms with van der Waals surface area (Å²) in [4.78, 5) is 11.5. The standard InChI is InChI=1S/C13H21NO3S/c1-10(2)17-6-4-12(15)14-9-13(3,16)11-5-7-18-8-11/h5,7-8,10,16H,4,6,9H2,1-3H3,(H,14,15). The van der Waals surface area contributed by atoms with Crippen molar-refractivity contribution in [1.82, 2.24) is 5.32 Å². The third kappa shape index (κ3) is 5.16. The number of amides is 1. The molecular formula is C13H21NO3S. The number of ether oxygens (including phenoxy) is 1. The highest BCUT2D eigenvalue weighted by Gasteiger charge is 2.23. The Morgan fingerprint density at radius 1 is 1.61 bits per heavy atom. The maximum absolute atomic E-state index is 11.5. The third-order valence-corrected chi connectivity index (χ3v) is 3.24. The van der Waals surface area contributed by atoms with E-state index in [0.29, 0.717) is 13.0 Å². The van der Waals surface area contributed by atoms with Gasteiger partial charge in [0.1, 0.15) is 5.60 Å². The van der Waals surface area contributed by atoms with E-state index in [-0.39, 0.29) is 18.6 Å². The molecule has 0 bridgehead atoms. The van der Waals surface area contributed by atoms with Gasteiger partial charge in [0.2, 0.25) is 5.91 Å². The van der Waals surface area contributed by atoms with Crippen LogP contribution in [0.2, 0.25) is 0 Å². The van der Waals surface area contributed by atoms with Crippen molar-refractivity contribution in [2.75, 3.05) is 13.2 Å². The Hall–Kier alpha value is -0.910. The van der Waals surface area contributed by atoms with E-state index in [1.165, 1.54) is 11.3 Å². The summed E-state index contributed by atoms with van der Waals surface area (Å²) in [6.45, 7) is 6.17. The van der Waals surface area contributed by atoms with Gasteiger partial charge in [-0.1, -0.05) is 0 Å². The summed E-state index contributed by atoms with van der Waals surface area (Å²) in [5.74, 6) is -0.105. The van der Waals surface area contributed by atoms with Crippen molar-refractivity contribution >= 4 is 17.2 Å². The molecule has 0 saturated heterocycles. The smallest absolute Gasteiger partial charge is 0.222 e. The second kappa shape index (κ2) is 6.87. The fourth-order valence-electron chi connectivity index (χ4n) is 1.42. The average Bonchev–Trinajstić information content (AvgIpc) is 2.80. The van der Waals surface area contributed by atoms with E-state index in [1.807, 2.05) is 30.7 Å². The lowest BCUT2D eigenvalue weighted by atomic mass is 9.99. The van der Waals surface area contributed by atoms with Crippen molar-refractivity contribution in [3.63, 3.8) is 0 Å². The first-order valence-electron chi connectivity index (χ1n) is 6.05. The minimum Gasteiger partial charge on any atom is -0.384 e. The number of hydrogen-bond donors (Lipinski definition) is 2. The molecule has 18 heavy (non-hydrogen) atoms. The number of thiophene rings is 1. The van der Waals surface area contributed by atoms with Gasteiger partial charge in [-0.05, 0) is 43.2 Å². The first-order chi connectivity index (χ1) is 8.42. The maximum Gasteiger partial charge on any atom is 0.222 e. The second-order valence-electron chi connectivity index (χ2n) is 4.73. The molecule has 0 aliphatic carbocycles. The molecule has 1 aromatic rings. The summed E-state index contributed by atoms with van der Waals surface area (Å²) in [6.07, 6.45) is 0.449. The normalized spacial score (nSPS) is 14.5. The molecule has 1 aromatic heterocycles. The third-order valence-electron chi connectivity index (χ3n) is 2.55. The molecule has 4 nitrogen and oxygen atoms in total. The Morgan fingerprint density at radius 2 is 2.33 bits per heavy atom. The molecule has 2 N–H and O–H groups in total. The zero-order chi connectivity index (χ0) is 13.6. The molecule has 1 unspecified atom stereocenters. The zero-order valence-electron chi connectivity index (χ0n) is 11.1. The average molecular weight is 271 g/mol. The summed E-state index contributed by atoms with van der Waals surface area (Å²) >= 11 is 1.53. The second-order valence-corrected chi connectivity index (χ2v) is 5.51. The van der Waals surface area contributed by atoms with Gasteiger partial charge in [0.05, 0.1) is 19.3 Å². The SMILES string of the molecule is CC(C)OCCC(=O)NCC(C)(O)c1ccsc1. The lowest BCUT2D eigenvalue weighted by Gasteiger charge is -2.22. The Labute approximate surface area is 112 Å². The van der Waals surface area contributed by atoms with Gasteiger partial charge >= 0.3 is 0 Å². The van der Waals surface area contributed by atoms with Crippen LogP contribution in [0.5, 0.6) is 0 Å². The van der Waals surface area contributed by atoms with Gasteiger partial charge in [0.15, 0.2) is 0 Å². The van der Waals surface area contributed by atoms with Gasteiger partial charge in [-0.3, -0.25) is 4.79 Å². The van der Waals surface area contributed by atoms with Crippen LogP contribution in [0.3, 0.4) is 0 Å². The molecule has 0 aromatic carbocycles. The van der Waals surface area contributed by atoms with Crippen molar-refractivity contribution in [1.29, 1.82) is 0 Å². The highest BCUT2D eigenvalue weighted by molar-refractivity contribution is 7.08. The molecule has 1 amide bonds. The van der Waals surface area contributed by atoms with E-state index in [9.17, 15) is 9.90 Å². The van der Waals surface area contributed by atoms with Crippen LogP contribution in [0.15, 0.2) is 16.8 Å². The van der Waals surface area contributed by atoms with Gasteiger partial charge in [0, 0.05) is 6.42 Å². The molecular weight excluding hydrogens is 250 g/mol. The Kier molecular flexibility index (Phi) is 5.78. The Morgan fingerprint density at radius 3 is 2.89 bits per heavy atom. The predicted octanol–water partition coefficient (Wildman–Crippen LogP) is 1.89. The summed E-state index contributed by atoms with van der Waals surface area (Å²) in [7, 11) is 0. The molecule has 1 atom stereocenters. The van der Waals surface area contributed by atoms with Crippen LogP contribution in [0.1, 0.15) is 32.8 Å². The van der Waals surface area contributed by atoms with E-state index in [2.05, 4.69) is 5.32 Å². The van der Waals surface area contributed by atoms with Crippen molar-refractivity contribution in [3.8, 4) is 0 Å². The van der Waals surface area contributed by atoms with Gasteiger partial charge < -0.3 is 15.2 Å². The van der Waals surface area contributed by atoms with E-state index >= 15 is 0 Å². The highest BCUT2D eigenvalue weighted by atomic mass is 32.1. The van der Waals surface area contributed by atoms with Crippen molar-refractivity contribution in [2.24, 2.45) is 0 Å². The van der Waals surface area contributed by atoms with Gasteiger partial charge in [-0.2, -0.15) is 11.3 Å². The monoisotopic (exact) mass is 271 g/mol. The minimum absolute atomic E-state index is 0.105.